The zero-order valence-corrected chi connectivity index (χ0v) is 23.6. The van der Waals surface area contributed by atoms with Crippen molar-refractivity contribution in [2.24, 2.45) is 22.2 Å². The summed E-state index contributed by atoms with van der Waals surface area (Å²) >= 11 is 1.88. The number of dihydropyridines is 1. The highest BCUT2D eigenvalue weighted by atomic mass is 32.1. The van der Waals surface area contributed by atoms with Gasteiger partial charge >= 0.3 is 0 Å². The van der Waals surface area contributed by atoms with E-state index in [0.717, 1.165) is 36.2 Å². The van der Waals surface area contributed by atoms with Crippen molar-refractivity contribution < 1.29 is 9.59 Å². The third-order valence-corrected chi connectivity index (χ3v) is 9.57. The van der Waals surface area contributed by atoms with E-state index in [4.69, 9.17) is 0 Å². The minimum atomic E-state index is -0.320. The number of allylic oxidation sites excluding steroid dienone is 1. The Kier molecular flexibility index (Phi) is 7.73. The molecule has 0 saturated carbocycles. The van der Waals surface area contributed by atoms with Gasteiger partial charge in [-0.05, 0) is 88.4 Å². The van der Waals surface area contributed by atoms with Gasteiger partial charge in [-0.3, -0.25) is 9.59 Å². The Bertz CT molecular complexity index is 1040. The van der Waals surface area contributed by atoms with Gasteiger partial charge in [0.15, 0.2) is 0 Å². The van der Waals surface area contributed by atoms with Crippen molar-refractivity contribution in [3.63, 3.8) is 0 Å². The van der Waals surface area contributed by atoms with Crippen LogP contribution in [0.3, 0.4) is 0 Å². The molecule has 3 aliphatic rings. The lowest BCUT2D eigenvalue weighted by atomic mass is 9.82. The van der Waals surface area contributed by atoms with Crippen LogP contribution in [0, 0.1) is 24.2 Å². The minimum Gasteiger partial charge on any atom is -0.337 e. The molecule has 1 aromatic heterocycles. The number of piperidine rings is 1. The number of fused-ring (bicyclic) bond motifs is 1. The number of aryl methyl sites for hydroxylation is 1. The van der Waals surface area contributed by atoms with Gasteiger partial charge in [-0.1, -0.05) is 33.3 Å². The van der Waals surface area contributed by atoms with Crippen LogP contribution in [0.25, 0.3) is 0 Å². The zero-order chi connectivity index (χ0) is 25.5. The molecule has 1 aromatic rings. The summed E-state index contributed by atoms with van der Waals surface area (Å²) in [6.45, 7) is 20.0. The Morgan fingerprint density at radius 3 is 2.43 bits per heavy atom. The molecule has 0 N–H and O–H groups in total. The van der Waals surface area contributed by atoms with E-state index in [1.807, 2.05) is 36.2 Å². The Balaban J connectivity index is 1.48. The third kappa shape index (κ3) is 5.80. The van der Waals surface area contributed by atoms with E-state index in [0.29, 0.717) is 30.3 Å². The summed E-state index contributed by atoms with van der Waals surface area (Å²) in [5.74, 6) is 0.824. The van der Waals surface area contributed by atoms with E-state index in [1.54, 1.807) is 0 Å². The number of likely N-dealkylation sites (tertiary alicyclic amines) is 1. The van der Waals surface area contributed by atoms with Gasteiger partial charge in [0, 0.05) is 35.1 Å². The molecule has 1 fully saturated rings. The molecule has 4 heterocycles. The molecule has 0 aromatic carbocycles. The lowest BCUT2D eigenvalue weighted by molar-refractivity contribution is -0.120. The van der Waals surface area contributed by atoms with Crippen molar-refractivity contribution in [1.29, 1.82) is 0 Å². The van der Waals surface area contributed by atoms with Gasteiger partial charge in [0.05, 0.1) is 11.5 Å². The summed E-state index contributed by atoms with van der Waals surface area (Å²) in [7, 11) is 0. The van der Waals surface area contributed by atoms with Crippen LogP contribution in [-0.4, -0.2) is 60.0 Å². The molecule has 3 aliphatic heterocycles. The van der Waals surface area contributed by atoms with Gasteiger partial charge < -0.3 is 9.80 Å². The zero-order valence-electron chi connectivity index (χ0n) is 22.7. The Morgan fingerprint density at radius 2 is 1.80 bits per heavy atom. The number of carbonyl (C=O) groups is 2. The summed E-state index contributed by atoms with van der Waals surface area (Å²) in [5.41, 5.74) is 4.21. The van der Waals surface area contributed by atoms with E-state index in [2.05, 4.69) is 44.5 Å². The highest BCUT2D eigenvalue weighted by Gasteiger charge is 2.35. The van der Waals surface area contributed by atoms with Crippen molar-refractivity contribution in [3.05, 3.63) is 32.5 Å². The maximum absolute atomic E-state index is 13.8. The van der Waals surface area contributed by atoms with E-state index in [-0.39, 0.29) is 17.7 Å². The topological polar surface area (TPSA) is 53.0 Å². The molecule has 35 heavy (non-hydrogen) atoms. The number of thiophene rings is 1. The number of aliphatic imine (C=N–C) groups is 1. The Labute approximate surface area is 215 Å². The van der Waals surface area contributed by atoms with E-state index in [9.17, 15) is 9.59 Å². The largest absolute Gasteiger partial charge is 0.337 e. The summed E-state index contributed by atoms with van der Waals surface area (Å²) < 4.78 is 0. The predicted octanol–water partition coefficient (Wildman–Crippen LogP) is 5.87. The van der Waals surface area contributed by atoms with Crippen LogP contribution in [0.5, 0.6) is 0 Å². The second-order valence-corrected chi connectivity index (χ2v) is 13.4. The van der Waals surface area contributed by atoms with Gasteiger partial charge in [-0.2, -0.15) is 0 Å². The highest BCUT2D eigenvalue weighted by molar-refractivity contribution is 7.12. The second kappa shape index (κ2) is 10.3. The first-order valence-electron chi connectivity index (χ1n) is 13.4. The molecule has 0 bridgehead atoms. The lowest BCUT2D eigenvalue weighted by Crippen LogP contribution is -2.40. The minimum absolute atomic E-state index is 0.108. The average Bonchev–Trinajstić information content (AvgIpc) is 3.00. The lowest BCUT2D eigenvalue weighted by Gasteiger charge is -2.38. The van der Waals surface area contributed by atoms with Crippen molar-refractivity contribution in [1.82, 2.24) is 9.80 Å². The average molecular weight is 498 g/mol. The molecule has 1 saturated heterocycles. The highest BCUT2D eigenvalue weighted by Crippen LogP contribution is 2.42. The van der Waals surface area contributed by atoms with Crippen LogP contribution in [0.15, 0.2) is 16.6 Å². The maximum atomic E-state index is 13.8. The number of nitrogens with zero attached hydrogens (tertiary/aromatic N) is 3. The first kappa shape index (κ1) is 26.3. The summed E-state index contributed by atoms with van der Waals surface area (Å²) in [5, 5.41) is 0. The molecule has 0 spiro atoms. The molecular weight excluding hydrogens is 454 g/mol. The number of carbonyl (C=O) groups excluding carboxylic acids is 2. The molecular formula is C29H43N3O2S. The molecule has 5 nitrogen and oxygen atoms in total. The van der Waals surface area contributed by atoms with E-state index in [1.165, 1.54) is 41.2 Å². The number of amides is 2. The Hall–Kier alpha value is -1.79. The normalized spacial score (nSPS) is 23.6. The smallest absolute Gasteiger partial charge is 0.255 e. The number of rotatable bonds is 5. The monoisotopic (exact) mass is 497 g/mol. The van der Waals surface area contributed by atoms with Crippen LogP contribution < -0.4 is 0 Å². The van der Waals surface area contributed by atoms with Gasteiger partial charge in [-0.15, -0.1) is 11.3 Å². The SMILES string of the molecule is CC1=CC(C)=NC(=O)C1CN1CCCc2sc([C@H](C)C3CCN(CC(C)(C)C)CC3)c(C)c2C1=O. The number of hydrogen-bond acceptors (Lipinski definition) is 4. The van der Waals surface area contributed by atoms with Crippen LogP contribution in [-0.2, 0) is 11.2 Å². The molecule has 2 amide bonds. The summed E-state index contributed by atoms with van der Waals surface area (Å²) in [6.07, 6.45) is 6.33. The van der Waals surface area contributed by atoms with Crippen LogP contribution in [0.2, 0.25) is 0 Å². The summed E-state index contributed by atoms with van der Waals surface area (Å²) in [4.78, 5) is 37.7. The van der Waals surface area contributed by atoms with Crippen LogP contribution in [0.4, 0.5) is 0 Å². The predicted molar refractivity (Wildman–Crippen MR) is 146 cm³/mol. The van der Waals surface area contributed by atoms with Crippen molar-refractivity contribution in [2.45, 2.75) is 80.1 Å². The molecule has 6 heteroatoms. The van der Waals surface area contributed by atoms with Crippen molar-refractivity contribution in [2.75, 3.05) is 32.7 Å². The van der Waals surface area contributed by atoms with Crippen LogP contribution in [0.1, 0.15) is 92.4 Å². The molecule has 2 atom stereocenters. The van der Waals surface area contributed by atoms with Crippen LogP contribution >= 0.6 is 11.3 Å². The van der Waals surface area contributed by atoms with Gasteiger partial charge in [0.1, 0.15) is 0 Å². The van der Waals surface area contributed by atoms with Gasteiger partial charge in [0.25, 0.3) is 11.8 Å². The second-order valence-electron chi connectivity index (χ2n) is 12.2. The fraction of sp³-hybridized carbons (Fsp3) is 0.690. The molecule has 1 unspecified atom stereocenters. The van der Waals surface area contributed by atoms with Gasteiger partial charge in [0.2, 0.25) is 0 Å². The molecule has 0 aliphatic carbocycles. The first-order valence-corrected chi connectivity index (χ1v) is 14.2. The fourth-order valence-corrected chi connectivity index (χ4v) is 7.68. The van der Waals surface area contributed by atoms with Gasteiger partial charge in [-0.25, -0.2) is 4.99 Å². The third-order valence-electron chi connectivity index (χ3n) is 8.01. The fourth-order valence-electron chi connectivity index (χ4n) is 6.19. The maximum Gasteiger partial charge on any atom is 0.255 e. The molecule has 4 rings (SSSR count). The van der Waals surface area contributed by atoms with E-state index < -0.39 is 0 Å². The first-order chi connectivity index (χ1) is 16.4. The summed E-state index contributed by atoms with van der Waals surface area (Å²) in [6, 6.07) is 0. The number of hydrogen-bond donors (Lipinski definition) is 0. The standard InChI is InChI=1S/C29H43N3O2S/c1-18-15-19(2)30-27(33)23(18)16-32-12-8-9-24-25(28(32)34)21(4)26(35-24)20(3)22-10-13-31(14-11-22)17-29(5,6)7/h15,20,22-23H,8-14,16-17H2,1-7H3/t20-,23?/m1/s1. The van der Waals surface area contributed by atoms with Crippen molar-refractivity contribution in [3.8, 4) is 0 Å². The Morgan fingerprint density at radius 1 is 1.11 bits per heavy atom. The molecule has 192 valence electrons. The molecule has 0 radical (unpaired) electrons. The van der Waals surface area contributed by atoms with Crippen molar-refractivity contribution >= 4 is 28.9 Å². The van der Waals surface area contributed by atoms with E-state index >= 15 is 0 Å². The quantitative estimate of drug-likeness (QED) is 0.511.